The molecule has 0 saturated carbocycles. The molecule has 2 heterocycles. The van der Waals surface area contributed by atoms with Gasteiger partial charge in [0.2, 0.25) is 0 Å². The molecule has 0 aliphatic carbocycles. The second-order valence-electron chi connectivity index (χ2n) is 4.76. The Labute approximate surface area is 130 Å². The standard InChI is InChI=1S/C14H15BrN6/c1-21-8-19-13(20-21)4-5-17-14-10-6-9(15)2-3-12(10)18-7-11(14)16/h2-3,6-8H,4-5,16H2,1H3,(H,17,18). The van der Waals surface area contributed by atoms with Crippen molar-refractivity contribution in [1.29, 1.82) is 0 Å². The summed E-state index contributed by atoms with van der Waals surface area (Å²) in [4.78, 5) is 8.54. The maximum atomic E-state index is 6.04. The van der Waals surface area contributed by atoms with Crippen molar-refractivity contribution < 1.29 is 0 Å². The van der Waals surface area contributed by atoms with Crippen molar-refractivity contribution >= 4 is 38.2 Å². The molecular formula is C14H15BrN6. The Morgan fingerprint density at radius 2 is 2.19 bits per heavy atom. The third-order valence-corrected chi connectivity index (χ3v) is 3.65. The van der Waals surface area contributed by atoms with Crippen LogP contribution in [0, 0.1) is 0 Å². The van der Waals surface area contributed by atoms with Crippen molar-refractivity contribution in [2.24, 2.45) is 7.05 Å². The second kappa shape index (κ2) is 5.69. The zero-order chi connectivity index (χ0) is 14.8. The third kappa shape index (κ3) is 2.97. The molecule has 7 heteroatoms. The highest BCUT2D eigenvalue weighted by atomic mass is 79.9. The number of hydrogen-bond donors (Lipinski definition) is 2. The van der Waals surface area contributed by atoms with Gasteiger partial charge in [-0.1, -0.05) is 15.9 Å². The van der Waals surface area contributed by atoms with Gasteiger partial charge in [0.15, 0.2) is 5.82 Å². The van der Waals surface area contributed by atoms with Crippen LogP contribution in [-0.2, 0) is 13.5 Å². The molecular weight excluding hydrogens is 332 g/mol. The van der Waals surface area contributed by atoms with Crippen LogP contribution >= 0.6 is 15.9 Å². The number of nitrogens with zero attached hydrogens (tertiary/aromatic N) is 4. The van der Waals surface area contributed by atoms with E-state index in [1.165, 1.54) is 0 Å². The van der Waals surface area contributed by atoms with E-state index in [0.29, 0.717) is 12.2 Å². The van der Waals surface area contributed by atoms with Gasteiger partial charge in [0.25, 0.3) is 0 Å². The molecule has 108 valence electrons. The number of aromatic nitrogens is 4. The molecule has 3 N–H and O–H groups in total. The summed E-state index contributed by atoms with van der Waals surface area (Å²) in [5.74, 6) is 0.808. The molecule has 0 saturated heterocycles. The Balaban J connectivity index is 1.82. The van der Waals surface area contributed by atoms with Gasteiger partial charge in [-0.25, -0.2) is 4.98 Å². The van der Waals surface area contributed by atoms with Crippen molar-refractivity contribution in [2.75, 3.05) is 17.6 Å². The molecule has 0 amide bonds. The molecule has 0 aliphatic rings. The van der Waals surface area contributed by atoms with Gasteiger partial charge in [-0.2, -0.15) is 5.10 Å². The zero-order valence-electron chi connectivity index (χ0n) is 11.5. The molecule has 2 aromatic heterocycles. The Morgan fingerprint density at radius 3 is 2.95 bits per heavy atom. The topological polar surface area (TPSA) is 81.7 Å². The molecule has 0 radical (unpaired) electrons. The number of aryl methyl sites for hydroxylation is 1. The number of fused-ring (bicyclic) bond motifs is 1. The number of pyridine rings is 1. The van der Waals surface area contributed by atoms with Crippen molar-refractivity contribution in [1.82, 2.24) is 19.7 Å². The lowest BCUT2D eigenvalue weighted by Gasteiger charge is -2.11. The van der Waals surface area contributed by atoms with E-state index < -0.39 is 0 Å². The summed E-state index contributed by atoms with van der Waals surface area (Å²) in [5, 5.41) is 8.62. The third-order valence-electron chi connectivity index (χ3n) is 3.16. The number of rotatable bonds is 4. The first-order chi connectivity index (χ1) is 10.1. The van der Waals surface area contributed by atoms with Crippen LogP contribution in [0.25, 0.3) is 10.9 Å². The molecule has 6 nitrogen and oxygen atoms in total. The molecule has 0 unspecified atom stereocenters. The van der Waals surface area contributed by atoms with Crippen molar-refractivity contribution in [3.05, 3.63) is 41.0 Å². The molecule has 3 rings (SSSR count). The summed E-state index contributed by atoms with van der Waals surface area (Å²) < 4.78 is 2.69. The summed E-state index contributed by atoms with van der Waals surface area (Å²) in [7, 11) is 1.86. The maximum Gasteiger partial charge on any atom is 0.152 e. The predicted octanol–water partition coefficient (Wildman–Crippen LogP) is 2.36. The molecule has 21 heavy (non-hydrogen) atoms. The molecule has 0 atom stereocenters. The minimum Gasteiger partial charge on any atom is -0.396 e. The number of halogens is 1. The van der Waals surface area contributed by atoms with E-state index in [2.05, 4.69) is 36.3 Å². The molecule has 0 aliphatic heterocycles. The van der Waals surface area contributed by atoms with Gasteiger partial charge >= 0.3 is 0 Å². The highest BCUT2D eigenvalue weighted by Gasteiger charge is 2.07. The first-order valence-electron chi connectivity index (χ1n) is 6.55. The summed E-state index contributed by atoms with van der Waals surface area (Å²) in [6, 6.07) is 5.94. The van der Waals surface area contributed by atoms with Crippen LogP contribution < -0.4 is 11.1 Å². The van der Waals surface area contributed by atoms with Crippen LogP contribution in [-0.4, -0.2) is 26.3 Å². The fourth-order valence-electron chi connectivity index (χ4n) is 2.18. The quantitative estimate of drug-likeness (QED) is 0.757. The Kier molecular flexibility index (Phi) is 3.74. The lowest BCUT2D eigenvalue weighted by molar-refractivity contribution is 0.742. The number of hydrogen-bond acceptors (Lipinski definition) is 5. The number of nitrogens with one attached hydrogen (secondary N) is 1. The summed E-state index contributed by atoms with van der Waals surface area (Å²) in [6.45, 7) is 0.708. The molecule has 1 aromatic carbocycles. The van der Waals surface area contributed by atoms with E-state index in [-0.39, 0.29) is 0 Å². The Hall–Kier alpha value is -2.15. The van der Waals surface area contributed by atoms with E-state index >= 15 is 0 Å². The fraction of sp³-hybridized carbons (Fsp3) is 0.214. The largest absolute Gasteiger partial charge is 0.396 e. The highest BCUT2D eigenvalue weighted by Crippen LogP contribution is 2.29. The SMILES string of the molecule is Cn1cnc(CCNc2c(N)cnc3ccc(Br)cc23)n1. The minimum atomic E-state index is 0.634. The number of benzene rings is 1. The van der Waals surface area contributed by atoms with E-state index in [1.54, 1.807) is 17.2 Å². The van der Waals surface area contributed by atoms with Gasteiger partial charge in [-0.3, -0.25) is 9.67 Å². The smallest absolute Gasteiger partial charge is 0.152 e. The average molecular weight is 347 g/mol. The number of anilines is 2. The lowest BCUT2D eigenvalue weighted by Crippen LogP contribution is -2.09. The van der Waals surface area contributed by atoms with Crippen LogP contribution in [0.3, 0.4) is 0 Å². The van der Waals surface area contributed by atoms with Crippen LogP contribution in [0.4, 0.5) is 11.4 Å². The first kappa shape index (κ1) is 13.8. The Morgan fingerprint density at radius 1 is 1.33 bits per heavy atom. The summed E-state index contributed by atoms with van der Waals surface area (Å²) in [5.41, 5.74) is 8.49. The average Bonchev–Trinajstić information content (AvgIpc) is 2.87. The fourth-order valence-corrected chi connectivity index (χ4v) is 2.54. The zero-order valence-corrected chi connectivity index (χ0v) is 13.1. The molecule has 3 aromatic rings. The van der Waals surface area contributed by atoms with E-state index in [9.17, 15) is 0 Å². The summed E-state index contributed by atoms with van der Waals surface area (Å²) >= 11 is 3.48. The summed E-state index contributed by atoms with van der Waals surface area (Å²) in [6.07, 6.45) is 4.11. The van der Waals surface area contributed by atoms with E-state index in [1.807, 2.05) is 25.2 Å². The van der Waals surface area contributed by atoms with Gasteiger partial charge in [0.1, 0.15) is 6.33 Å². The van der Waals surface area contributed by atoms with Crippen LogP contribution in [0.1, 0.15) is 5.82 Å². The molecule has 0 bridgehead atoms. The van der Waals surface area contributed by atoms with Crippen molar-refractivity contribution in [3.8, 4) is 0 Å². The van der Waals surface area contributed by atoms with Crippen LogP contribution in [0.5, 0.6) is 0 Å². The second-order valence-corrected chi connectivity index (χ2v) is 5.68. The van der Waals surface area contributed by atoms with Gasteiger partial charge in [-0.15, -0.1) is 0 Å². The normalized spacial score (nSPS) is 11.0. The molecule has 0 fully saturated rings. The van der Waals surface area contributed by atoms with Gasteiger partial charge < -0.3 is 11.1 Å². The molecule has 0 spiro atoms. The maximum absolute atomic E-state index is 6.04. The van der Waals surface area contributed by atoms with Gasteiger partial charge in [-0.05, 0) is 18.2 Å². The van der Waals surface area contributed by atoms with Crippen molar-refractivity contribution in [3.63, 3.8) is 0 Å². The van der Waals surface area contributed by atoms with E-state index in [4.69, 9.17) is 5.73 Å². The van der Waals surface area contributed by atoms with Gasteiger partial charge in [0.05, 0.1) is 23.1 Å². The van der Waals surface area contributed by atoms with Crippen LogP contribution in [0.2, 0.25) is 0 Å². The lowest BCUT2D eigenvalue weighted by atomic mass is 10.1. The highest BCUT2D eigenvalue weighted by molar-refractivity contribution is 9.10. The number of nitrogen functional groups attached to an aromatic ring is 1. The number of nitrogens with two attached hydrogens (primary N) is 1. The van der Waals surface area contributed by atoms with E-state index in [0.717, 1.165) is 33.3 Å². The van der Waals surface area contributed by atoms with Crippen molar-refractivity contribution in [2.45, 2.75) is 6.42 Å². The monoisotopic (exact) mass is 346 g/mol. The first-order valence-corrected chi connectivity index (χ1v) is 7.35. The predicted molar refractivity (Wildman–Crippen MR) is 87.1 cm³/mol. The Bertz CT molecular complexity index is 777. The van der Waals surface area contributed by atoms with Crippen LogP contribution in [0.15, 0.2) is 35.2 Å². The van der Waals surface area contributed by atoms with Gasteiger partial charge in [0, 0.05) is 29.9 Å². The minimum absolute atomic E-state index is 0.634.